The van der Waals surface area contributed by atoms with Crippen molar-refractivity contribution in [2.75, 3.05) is 20.3 Å². The van der Waals surface area contributed by atoms with Crippen molar-refractivity contribution in [2.45, 2.75) is 12.5 Å². The fourth-order valence-electron chi connectivity index (χ4n) is 2.14. The Bertz CT molecular complexity index is 453. The summed E-state index contributed by atoms with van der Waals surface area (Å²) in [6, 6.07) is 4.15. The molecule has 98 valence electrons. The van der Waals surface area contributed by atoms with Gasteiger partial charge in [-0.3, -0.25) is 4.79 Å². The monoisotopic (exact) mass is 271 g/mol. The molecule has 1 saturated heterocycles. The molecule has 2 atom stereocenters. The SMILES string of the molecule is CNC1COCC1C(=O)Cc1ccc(F)cc1Cl. The predicted octanol–water partition coefficient (Wildman–Crippen LogP) is 1.83. The largest absolute Gasteiger partial charge is 0.379 e. The number of rotatable bonds is 4. The summed E-state index contributed by atoms with van der Waals surface area (Å²) in [7, 11) is 1.81. The maximum absolute atomic E-state index is 12.9. The molecule has 0 spiro atoms. The second-order valence-electron chi connectivity index (χ2n) is 4.42. The Hall–Kier alpha value is -0.970. The van der Waals surface area contributed by atoms with E-state index in [4.69, 9.17) is 16.3 Å². The summed E-state index contributed by atoms with van der Waals surface area (Å²) in [4.78, 5) is 12.1. The molecule has 2 rings (SSSR count). The fraction of sp³-hybridized carbons (Fsp3) is 0.462. The van der Waals surface area contributed by atoms with Crippen molar-refractivity contribution in [3.8, 4) is 0 Å². The number of ether oxygens (including phenoxy) is 1. The van der Waals surface area contributed by atoms with Crippen LogP contribution in [0.1, 0.15) is 5.56 Å². The zero-order chi connectivity index (χ0) is 13.1. The third-order valence-electron chi connectivity index (χ3n) is 3.24. The second-order valence-corrected chi connectivity index (χ2v) is 4.83. The number of likely N-dealkylation sites (N-methyl/N-ethyl adjacent to an activating group) is 1. The number of hydrogen-bond acceptors (Lipinski definition) is 3. The summed E-state index contributed by atoms with van der Waals surface area (Å²) in [6.45, 7) is 0.979. The van der Waals surface area contributed by atoms with Crippen molar-refractivity contribution in [1.29, 1.82) is 0 Å². The highest BCUT2D eigenvalue weighted by Gasteiger charge is 2.32. The molecule has 18 heavy (non-hydrogen) atoms. The lowest BCUT2D eigenvalue weighted by Crippen LogP contribution is -2.37. The molecule has 0 amide bonds. The highest BCUT2D eigenvalue weighted by molar-refractivity contribution is 6.31. The van der Waals surface area contributed by atoms with Gasteiger partial charge in [-0.15, -0.1) is 0 Å². The van der Waals surface area contributed by atoms with Gasteiger partial charge in [-0.25, -0.2) is 4.39 Å². The maximum atomic E-state index is 12.9. The van der Waals surface area contributed by atoms with Crippen molar-refractivity contribution in [1.82, 2.24) is 5.32 Å². The Labute approximate surface area is 110 Å². The molecule has 1 aromatic carbocycles. The van der Waals surface area contributed by atoms with E-state index in [2.05, 4.69) is 5.32 Å². The summed E-state index contributed by atoms with van der Waals surface area (Å²) < 4.78 is 18.2. The summed E-state index contributed by atoms with van der Waals surface area (Å²) in [5.41, 5.74) is 0.657. The molecule has 1 aromatic rings. The number of halogens is 2. The Morgan fingerprint density at radius 3 is 3.00 bits per heavy atom. The van der Waals surface area contributed by atoms with E-state index in [0.29, 0.717) is 23.8 Å². The van der Waals surface area contributed by atoms with Crippen LogP contribution in [-0.2, 0) is 16.0 Å². The first kappa shape index (κ1) is 13.5. The van der Waals surface area contributed by atoms with E-state index in [9.17, 15) is 9.18 Å². The van der Waals surface area contributed by atoms with Gasteiger partial charge in [-0.1, -0.05) is 17.7 Å². The molecule has 1 aliphatic rings. The average molecular weight is 272 g/mol. The van der Waals surface area contributed by atoms with Crippen LogP contribution < -0.4 is 5.32 Å². The van der Waals surface area contributed by atoms with Gasteiger partial charge < -0.3 is 10.1 Å². The first-order chi connectivity index (χ1) is 8.61. The highest BCUT2D eigenvalue weighted by Crippen LogP contribution is 2.22. The normalized spacial score (nSPS) is 23.3. The summed E-state index contributed by atoms with van der Waals surface area (Å²) in [6.07, 6.45) is 0.214. The van der Waals surface area contributed by atoms with Gasteiger partial charge in [-0.2, -0.15) is 0 Å². The molecular weight excluding hydrogens is 257 g/mol. The van der Waals surface area contributed by atoms with E-state index in [1.807, 2.05) is 7.05 Å². The molecule has 0 radical (unpaired) electrons. The molecule has 1 aliphatic heterocycles. The van der Waals surface area contributed by atoms with E-state index < -0.39 is 5.82 Å². The van der Waals surface area contributed by atoms with Crippen LogP contribution in [0.15, 0.2) is 18.2 Å². The molecule has 1 heterocycles. The van der Waals surface area contributed by atoms with Crippen molar-refractivity contribution >= 4 is 17.4 Å². The first-order valence-electron chi connectivity index (χ1n) is 5.83. The first-order valence-corrected chi connectivity index (χ1v) is 6.21. The van der Waals surface area contributed by atoms with E-state index in [-0.39, 0.29) is 24.2 Å². The molecule has 0 saturated carbocycles. The number of benzene rings is 1. The minimum Gasteiger partial charge on any atom is -0.379 e. The van der Waals surface area contributed by atoms with Crippen molar-refractivity contribution < 1.29 is 13.9 Å². The summed E-state index contributed by atoms with van der Waals surface area (Å²) in [5.74, 6) is -0.482. The molecule has 0 bridgehead atoms. The number of hydrogen-bond donors (Lipinski definition) is 1. The second kappa shape index (κ2) is 5.78. The van der Waals surface area contributed by atoms with Crippen LogP contribution >= 0.6 is 11.6 Å². The van der Waals surface area contributed by atoms with Crippen molar-refractivity contribution in [3.05, 3.63) is 34.6 Å². The zero-order valence-corrected chi connectivity index (χ0v) is 10.8. The third kappa shape index (κ3) is 2.88. The van der Waals surface area contributed by atoms with Gasteiger partial charge in [0, 0.05) is 17.5 Å². The van der Waals surface area contributed by atoms with Crippen molar-refractivity contribution in [3.63, 3.8) is 0 Å². The van der Waals surface area contributed by atoms with Gasteiger partial charge in [0.2, 0.25) is 0 Å². The molecule has 1 N–H and O–H groups in total. The van der Waals surface area contributed by atoms with Crippen LogP contribution in [0.2, 0.25) is 5.02 Å². The summed E-state index contributed by atoms with van der Waals surface area (Å²) >= 11 is 5.91. The van der Waals surface area contributed by atoms with Crippen LogP contribution in [0.4, 0.5) is 4.39 Å². The number of Topliss-reactive ketones (excluding diaryl/α,β-unsaturated/α-hetero) is 1. The number of ketones is 1. The van der Waals surface area contributed by atoms with Gasteiger partial charge in [-0.05, 0) is 24.7 Å². The Kier molecular flexibility index (Phi) is 4.32. The standard InChI is InChI=1S/C13H15ClFNO2/c1-16-12-7-18-6-10(12)13(17)4-8-2-3-9(15)5-11(8)14/h2-3,5,10,12,16H,4,6-7H2,1H3. The van der Waals surface area contributed by atoms with Crippen LogP contribution in [0.5, 0.6) is 0 Å². The number of nitrogens with one attached hydrogen (secondary N) is 1. The average Bonchev–Trinajstić information content (AvgIpc) is 2.81. The maximum Gasteiger partial charge on any atom is 0.144 e. The topological polar surface area (TPSA) is 38.3 Å². The van der Waals surface area contributed by atoms with Crippen LogP contribution in [-0.4, -0.2) is 32.1 Å². The molecule has 0 aromatic heterocycles. The van der Waals surface area contributed by atoms with Gasteiger partial charge in [0.15, 0.2) is 0 Å². The Morgan fingerprint density at radius 2 is 2.33 bits per heavy atom. The van der Waals surface area contributed by atoms with Gasteiger partial charge in [0.1, 0.15) is 11.6 Å². The summed E-state index contributed by atoms with van der Waals surface area (Å²) in [5, 5.41) is 3.36. The molecule has 2 unspecified atom stereocenters. The minimum absolute atomic E-state index is 0.0525. The Balaban J connectivity index is 2.07. The quantitative estimate of drug-likeness (QED) is 0.908. The van der Waals surface area contributed by atoms with E-state index in [1.165, 1.54) is 12.1 Å². The number of carbonyl (C=O) groups excluding carboxylic acids is 1. The molecule has 0 aliphatic carbocycles. The molecule has 3 nitrogen and oxygen atoms in total. The molecule has 1 fully saturated rings. The molecular formula is C13H15ClFNO2. The number of carbonyl (C=O) groups is 1. The highest BCUT2D eigenvalue weighted by atomic mass is 35.5. The van der Waals surface area contributed by atoms with Crippen molar-refractivity contribution in [2.24, 2.45) is 5.92 Å². The van der Waals surface area contributed by atoms with Crippen LogP contribution in [0.25, 0.3) is 0 Å². The van der Waals surface area contributed by atoms with Gasteiger partial charge in [0.05, 0.1) is 19.1 Å². The lowest BCUT2D eigenvalue weighted by Gasteiger charge is -2.15. The lowest BCUT2D eigenvalue weighted by molar-refractivity contribution is -0.122. The lowest BCUT2D eigenvalue weighted by atomic mass is 9.94. The van der Waals surface area contributed by atoms with E-state index in [1.54, 1.807) is 6.07 Å². The minimum atomic E-state index is -0.395. The van der Waals surface area contributed by atoms with Crippen LogP contribution in [0, 0.1) is 11.7 Å². The van der Waals surface area contributed by atoms with Gasteiger partial charge in [0.25, 0.3) is 0 Å². The predicted molar refractivity (Wildman–Crippen MR) is 67.3 cm³/mol. The third-order valence-corrected chi connectivity index (χ3v) is 3.60. The molecule has 5 heteroatoms. The Morgan fingerprint density at radius 1 is 1.56 bits per heavy atom. The van der Waals surface area contributed by atoms with E-state index >= 15 is 0 Å². The van der Waals surface area contributed by atoms with Gasteiger partial charge >= 0.3 is 0 Å². The van der Waals surface area contributed by atoms with Crippen LogP contribution in [0.3, 0.4) is 0 Å². The smallest absolute Gasteiger partial charge is 0.144 e. The van der Waals surface area contributed by atoms with E-state index in [0.717, 1.165) is 0 Å². The zero-order valence-electron chi connectivity index (χ0n) is 10.1. The fourth-order valence-corrected chi connectivity index (χ4v) is 2.37.